The van der Waals surface area contributed by atoms with E-state index < -0.39 is 0 Å². The summed E-state index contributed by atoms with van der Waals surface area (Å²) in [7, 11) is 0. The van der Waals surface area contributed by atoms with E-state index in [4.69, 9.17) is 0 Å². The Morgan fingerprint density at radius 2 is 2.38 bits per heavy atom. The van der Waals surface area contributed by atoms with Crippen LogP contribution in [0.15, 0.2) is 15.2 Å². The molecule has 1 aromatic heterocycles. The van der Waals surface area contributed by atoms with Gasteiger partial charge in [0.1, 0.15) is 0 Å². The monoisotopic (exact) mass is 301 g/mol. The molecule has 1 aliphatic carbocycles. The molecule has 90 valence electrons. The molecule has 1 aromatic rings. The number of thiophene rings is 1. The average Bonchev–Trinajstić information content (AvgIpc) is 2.83. The first-order chi connectivity index (χ1) is 7.65. The largest absolute Gasteiger partial charge is 0.314 e. The van der Waals surface area contributed by atoms with Gasteiger partial charge in [-0.15, -0.1) is 0 Å². The van der Waals surface area contributed by atoms with Gasteiger partial charge < -0.3 is 5.32 Å². The summed E-state index contributed by atoms with van der Waals surface area (Å²) in [5, 5.41) is 8.17. The lowest BCUT2D eigenvalue weighted by molar-refractivity contribution is 0.452. The molecule has 0 saturated heterocycles. The molecule has 16 heavy (non-hydrogen) atoms. The van der Waals surface area contributed by atoms with E-state index in [-0.39, 0.29) is 0 Å². The average molecular weight is 302 g/mol. The molecule has 2 unspecified atom stereocenters. The Kier molecular flexibility index (Phi) is 4.09. The Morgan fingerprint density at radius 1 is 1.56 bits per heavy atom. The first-order valence-electron chi connectivity index (χ1n) is 6.11. The van der Waals surface area contributed by atoms with Gasteiger partial charge in [0.2, 0.25) is 0 Å². The van der Waals surface area contributed by atoms with Crippen molar-refractivity contribution in [2.45, 2.75) is 51.0 Å². The van der Waals surface area contributed by atoms with Crippen molar-refractivity contribution < 1.29 is 0 Å². The predicted molar refractivity (Wildman–Crippen MR) is 75.3 cm³/mol. The van der Waals surface area contributed by atoms with E-state index >= 15 is 0 Å². The molecule has 1 heterocycles. The number of nitrogens with one attached hydrogen (secondary N) is 1. The minimum Gasteiger partial charge on any atom is -0.314 e. The van der Waals surface area contributed by atoms with Gasteiger partial charge in [0.05, 0.1) is 0 Å². The molecule has 1 saturated carbocycles. The zero-order valence-corrected chi connectivity index (χ0v) is 12.5. The Morgan fingerprint density at radius 3 is 3.00 bits per heavy atom. The maximum atomic E-state index is 3.67. The van der Waals surface area contributed by atoms with Gasteiger partial charge in [0.25, 0.3) is 0 Å². The fourth-order valence-electron chi connectivity index (χ4n) is 2.72. The van der Waals surface area contributed by atoms with Crippen molar-refractivity contribution in [3.63, 3.8) is 0 Å². The maximum absolute atomic E-state index is 3.67. The molecule has 1 nitrogen and oxygen atoms in total. The molecule has 2 atom stereocenters. The number of hydrogen-bond donors (Lipinski definition) is 1. The molecular formula is C13H20BrNS. The molecule has 3 heteroatoms. The van der Waals surface area contributed by atoms with Crippen LogP contribution < -0.4 is 5.32 Å². The van der Waals surface area contributed by atoms with E-state index in [9.17, 15) is 0 Å². The fourth-order valence-corrected chi connectivity index (χ4v) is 4.65. The molecule has 0 bridgehead atoms. The van der Waals surface area contributed by atoms with Crippen molar-refractivity contribution in [1.29, 1.82) is 0 Å². The Balaban J connectivity index is 2.03. The minimum atomic E-state index is 0.379. The van der Waals surface area contributed by atoms with Crippen molar-refractivity contribution in [3.8, 4) is 0 Å². The number of rotatable bonds is 4. The van der Waals surface area contributed by atoms with Gasteiger partial charge in [-0.25, -0.2) is 0 Å². The van der Waals surface area contributed by atoms with Gasteiger partial charge in [-0.3, -0.25) is 0 Å². The van der Waals surface area contributed by atoms with Crippen LogP contribution in [-0.2, 0) is 5.41 Å². The second-order valence-electron chi connectivity index (χ2n) is 5.09. The first-order valence-corrected chi connectivity index (χ1v) is 7.85. The van der Waals surface area contributed by atoms with Crippen LogP contribution >= 0.6 is 27.3 Å². The third-order valence-corrected chi connectivity index (χ3v) is 5.39. The molecule has 0 radical (unpaired) electrons. The van der Waals surface area contributed by atoms with Crippen LogP contribution in [0.3, 0.4) is 0 Å². The van der Waals surface area contributed by atoms with Crippen LogP contribution in [0.25, 0.3) is 0 Å². The smallest absolute Gasteiger partial charge is 0.0319 e. The maximum Gasteiger partial charge on any atom is 0.0319 e. The third kappa shape index (κ3) is 2.52. The highest BCUT2D eigenvalue weighted by Crippen LogP contribution is 2.44. The van der Waals surface area contributed by atoms with E-state index in [0.29, 0.717) is 5.41 Å². The summed E-state index contributed by atoms with van der Waals surface area (Å²) in [5.74, 6) is 0. The highest BCUT2D eigenvalue weighted by atomic mass is 79.9. The Bertz CT molecular complexity index is 349. The minimum absolute atomic E-state index is 0.379. The van der Waals surface area contributed by atoms with Gasteiger partial charge in [-0.1, -0.05) is 13.8 Å². The molecular weight excluding hydrogens is 282 g/mol. The van der Waals surface area contributed by atoms with Gasteiger partial charge in [-0.2, -0.15) is 11.3 Å². The zero-order valence-electron chi connectivity index (χ0n) is 10.1. The van der Waals surface area contributed by atoms with Gasteiger partial charge in [-0.05, 0) is 64.5 Å². The second-order valence-corrected chi connectivity index (χ2v) is 6.69. The van der Waals surface area contributed by atoms with Crippen molar-refractivity contribution in [3.05, 3.63) is 20.8 Å². The quantitative estimate of drug-likeness (QED) is 0.873. The van der Waals surface area contributed by atoms with Gasteiger partial charge >= 0.3 is 0 Å². The topological polar surface area (TPSA) is 12.0 Å². The van der Waals surface area contributed by atoms with Crippen molar-refractivity contribution in [2.24, 2.45) is 0 Å². The van der Waals surface area contributed by atoms with E-state index in [1.54, 1.807) is 11.3 Å². The van der Waals surface area contributed by atoms with Crippen LogP contribution in [0.2, 0.25) is 0 Å². The SMILES string of the molecule is CCCNC1CCC(C)(c2cscc2Br)C1. The summed E-state index contributed by atoms with van der Waals surface area (Å²) in [6.07, 6.45) is 5.14. The Labute approximate surface area is 111 Å². The van der Waals surface area contributed by atoms with E-state index in [0.717, 1.165) is 12.6 Å². The van der Waals surface area contributed by atoms with Crippen molar-refractivity contribution in [2.75, 3.05) is 6.54 Å². The lowest BCUT2D eigenvalue weighted by Gasteiger charge is -2.24. The summed E-state index contributed by atoms with van der Waals surface area (Å²) in [5.41, 5.74) is 1.89. The van der Waals surface area contributed by atoms with Gasteiger partial charge in [0, 0.05) is 15.9 Å². The third-order valence-electron chi connectivity index (χ3n) is 3.69. The van der Waals surface area contributed by atoms with Gasteiger partial charge in [0.15, 0.2) is 0 Å². The highest BCUT2D eigenvalue weighted by molar-refractivity contribution is 9.10. The summed E-state index contributed by atoms with van der Waals surface area (Å²) in [6, 6.07) is 0.719. The highest BCUT2D eigenvalue weighted by Gasteiger charge is 2.37. The molecule has 0 amide bonds. The van der Waals surface area contributed by atoms with Crippen molar-refractivity contribution in [1.82, 2.24) is 5.32 Å². The molecule has 1 aliphatic rings. The zero-order chi connectivity index (χ0) is 11.6. The van der Waals surface area contributed by atoms with E-state index in [1.807, 2.05) is 0 Å². The lowest BCUT2D eigenvalue weighted by atomic mass is 9.82. The normalized spacial score (nSPS) is 29.8. The predicted octanol–water partition coefficient (Wildman–Crippen LogP) is 4.32. The molecule has 0 aliphatic heterocycles. The van der Waals surface area contributed by atoms with E-state index in [1.165, 1.54) is 35.7 Å². The summed E-state index contributed by atoms with van der Waals surface area (Å²) < 4.78 is 1.30. The summed E-state index contributed by atoms with van der Waals surface area (Å²) >= 11 is 5.48. The molecule has 1 N–H and O–H groups in total. The van der Waals surface area contributed by atoms with Crippen LogP contribution in [0.4, 0.5) is 0 Å². The number of halogens is 1. The first kappa shape index (κ1) is 12.6. The van der Waals surface area contributed by atoms with Crippen molar-refractivity contribution >= 4 is 27.3 Å². The van der Waals surface area contributed by atoms with Crippen LogP contribution in [0.1, 0.15) is 45.1 Å². The molecule has 0 spiro atoms. The Hall–Kier alpha value is 0.140. The summed E-state index contributed by atoms with van der Waals surface area (Å²) in [6.45, 7) is 5.80. The lowest BCUT2D eigenvalue weighted by Crippen LogP contribution is -2.29. The van der Waals surface area contributed by atoms with Crippen LogP contribution in [-0.4, -0.2) is 12.6 Å². The number of hydrogen-bond acceptors (Lipinski definition) is 2. The van der Waals surface area contributed by atoms with E-state index in [2.05, 4.69) is 45.9 Å². The van der Waals surface area contributed by atoms with Crippen LogP contribution in [0.5, 0.6) is 0 Å². The molecule has 2 rings (SSSR count). The standard InChI is InChI=1S/C13H20BrNS/c1-3-6-15-10-4-5-13(2,7-10)11-8-16-9-12(11)14/h8-10,15H,3-7H2,1-2H3. The fraction of sp³-hybridized carbons (Fsp3) is 0.692. The second kappa shape index (κ2) is 5.19. The van der Waals surface area contributed by atoms with Crippen LogP contribution in [0, 0.1) is 0 Å². The summed E-state index contributed by atoms with van der Waals surface area (Å²) in [4.78, 5) is 0. The molecule has 0 aromatic carbocycles. The molecule has 1 fully saturated rings.